The monoisotopic (exact) mass is 383 g/mol. The Labute approximate surface area is 153 Å². The van der Waals surface area contributed by atoms with Gasteiger partial charge in [0.2, 0.25) is 0 Å². The molecule has 0 spiro atoms. The number of hydrogen-bond acceptors (Lipinski definition) is 7. The molecule has 1 N–H and O–H groups in total. The fourth-order valence-electron chi connectivity index (χ4n) is 2.48. The number of anilines is 1. The minimum absolute atomic E-state index is 0.172. The van der Waals surface area contributed by atoms with E-state index >= 15 is 0 Å². The summed E-state index contributed by atoms with van der Waals surface area (Å²) in [4.78, 5) is 28.2. The molecule has 0 aromatic carbocycles. The highest BCUT2D eigenvalue weighted by Gasteiger charge is 2.16. The van der Waals surface area contributed by atoms with Crippen molar-refractivity contribution in [3.05, 3.63) is 52.3 Å². The van der Waals surface area contributed by atoms with Gasteiger partial charge in [0, 0.05) is 23.2 Å². The summed E-state index contributed by atoms with van der Waals surface area (Å²) in [5.74, 6) is -0.172. The van der Waals surface area contributed by atoms with E-state index in [1.165, 1.54) is 22.7 Å². The molecule has 0 radical (unpaired) electrons. The molecular formula is C16H9N5OS3. The van der Waals surface area contributed by atoms with E-state index in [2.05, 4.69) is 20.3 Å². The highest BCUT2D eigenvalue weighted by atomic mass is 32.1. The van der Waals surface area contributed by atoms with E-state index in [9.17, 15) is 4.79 Å². The number of aromatic nitrogens is 4. The average molecular weight is 383 g/mol. The molecule has 122 valence electrons. The summed E-state index contributed by atoms with van der Waals surface area (Å²) in [5.41, 5.74) is 2.50. The minimum atomic E-state index is -0.172. The van der Waals surface area contributed by atoms with E-state index in [1.807, 2.05) is 45.6 Å². The van der Waals surface area contributed by atoms with Crippen LogP contribution < -0.4 is 5.32 Å². The van der Waals surface area contributed by atoms with Gasteiger partial charge in [-0.2, -0.15) is 0 Å². The number of hydrogen-bond donors (Lipinski definition) is 1. The van der Waals surface area contributed by atoms with E-state index in [1.54, 1.807) is 17.5 Å². The first-order valence-electron chi connectivity index (χ1n) is 7.31. The lowest BCUT2D eigenvalue weighted by Crippen LogP contribution is -2.09. The molecule has 5 aromatic rings. The SMILES string of the molecule is O=C(Nc1nc(-c2ccccn2)cs1)c1cc2c(nc3sccn32)s1. The standard InChI is InChI=1S/C16H9N5OS3/c22-13(12-7-11-14(25-12)20-16-21(11)5-6-23-16)19-15-18-10(8-24-15)9-3-1-2-4-17-9/h1-8H,(H,18,19,22). The van der Waals surface area contributed by atoms with Gasteiger partial charge in [-0.15, -0.1) is 34.0 Å². The predicted molar refractivity (Wildman–Crippen MR) is 102 cm³/mol. The molecule has 0 saturated heterocycles. The largest absolute Gasteiger partial charge is 0.297 e. The fraction of sp³-hybridized carbons (Fsp3) is 0. The number of carbonyl (C=O) groups excluding carboxylic acids is 1. The van der Waals surface area contributed by atoms with Crippen LogP contribution in [-0.2, 0) is 0 Å². The van der Waals surface area contributed by atoms with Gasteiger partial charge in [-0.3, -0.25) is 19.5 Å². The lowest BCUT2D eigenvalue weighted by Gasteiger charge is -1.98. The van der Waals surface area contributed by atoms with Crippen molar-refractivity contribution < 1.29 is 4.79 Å². The second-order valence-corrected chi connectivity index (χ2v) is 7.94. The molecule has 0 fully saturated rings. The van der Waals surface area contributed by atoms with Crippen LogP contribution in [0, 0.1) is 0 Å². The van der Waals surface area contributed by atoms with Gasteiger partial charge in [-0.25, -0.2) is 9.97 Å². The van der Waals surface area contributed by atoms with Crippen molar-refractivity contribution in [2.45, 2.75) is 0 Å². The molecule has 0 atom stereocenters. The number of nitrogens with one attached hydrogen (secondary N) is 1. The third-order valence-electron chi connectivity index (χ3n) is 3.62. The summed E-state index contributed by atoms with van der Waals surface area (Å²) < 4.78 is 2.00. The second-order valence-electron chi connectivity index (χ2n) is 5.18. The van der Waals surface area contributed by atoms with E-state index in [0.717, 1.165) is 26.7 Å². The molecule has 1 amide bonds. The number of thiophene rings is 1. The van der Waals surface area contributed by atoms with Crippen LogP contribution in [0.25, 0.3) is 26.7 Å². The number of fused-ring (bicyclic) bond motifs is 3. The van der Waals surface area contributed by atoms with Crippen LogP contribution in [-0.4, -0.2) is 25.3 Å². The lowest BCUT2D eigenvalue weighted by molar-refractivity contribution is 0.103. The van der Waals surface area contributed by atoms with Crippen molar-refractivity contribution in [2.24, 2.45) is 0 Å². The van der Waals surface area contributed by atoms with Crippen molar-refractivity contribution >= 4 is 60.4 Å². The summed E-state index contributed by atoms with van der Waals surface area (Å²) >= 11 is 4.35. The average Bonchev–Trinajstić information content (AvgIpc) is 3.36. The van der Waals surface area contributed by atoms with Crippen molar-refractivity contribution in [1.29, 1.82) is 0 Å². The van der Waals surface area contributed by atoms with Gasteiger partial charge in [0.15, 0.2) is 10.1 Å². The highest BCUT2D eigenvalue weighted by Crippen LogP contribution is 2.29. The molecule has 25 heavy (non-hydrogen) atoms. The van der Waals surface area contributed by atoms with Crippen LogP contribution in [0.3, 0.4) is 0 Å². The van der Waals surface area contributed by atoms with Crippen molar-refractivity contribution in [2.75, 3.05) is 5.32 Å². The van der Waals surface area contributed by atoms with E-state index in [4.69, 9.17) is 0 Å². The van der Waals surface area contributed by atoms with Crippen LogP contribution in [0.5, 0.6) is 0 Å². The van der Waals surface area contributed by atoms with Crippen molar-refractivity contribution in [3.8, 4) is 11.4 Å². The Morgan fingerprint density at radius 1 is 1.16 bits per heavy atom. The molecule has 0 saturated carbocycles. The number of carbonyl (C=O) groups is 1. The van der Waals surface area contributed by atoms with Crippen LogP contribution in [0.1, 0.15) is 9.67 Å². The molecular weight excluding hydrogens is 374 g/mol. The molecule has 6 nitrogen and oxygen atoms in total. The number of amides is 1. The summed E-state index contributed by atoms with van der Waals surface area (Å²) in [6, 6.07) is 7.53. The second kappa shape index (κ2) is 5.73. The van der Waals surface area contributed by atoms with Crippen molar-refractivity contribution in [1.82, 2.24) is 19.4 Å². The Morgan fingerprint density at radius 2 is 2.12 bits per heavy atom. The Kier molecular flexibility index (Phi) is 3.37. The Balaban J connectivity index is 1.41. The van der Waals surface area contributed by atoms with Gasteiger partial charge >= 0.3 is 0 Å². The topological polar surface area (TPSA) is 72.2 Å². The summed E-state index contributed by atoms with van der Waals surface area (Å²) in [5, 5.41) is 7.28. The number of rotatable bonds is 3. The molecule has 5 aromatic heterocycles. The van der Waals surface area contributed by atoms with E-state index in [0.29, 0.717) is 10.0 Å². The van der Waals surface area contributed by atoms with Gasteiger partial charge < -0.3 is 0 Å². The predicted octanol–water partition coefficient (Wildman–Crippen LogP) is 4.38. The maximum atomic E-state index is 12.5. The van der Waals surface area contributed by atoms with Crippen LogP contribution in [0.2, 0.25) is 0 Å². The quantitative estimate of drug-likeness (QED) is 0.502. The van der Waals surface area contributed by atoms with E-state index < -0.39 is 0 Å². The molecule has 0 aliphatic heterocycles. The molecule has 0 unspecified atom stereocenters. The molecule has 5 heterocycles. The smallest absolute Gasteiger partial charge is 0.267 e. The highest BCUT2D eigenvalue weighted by molar-refractivity contribution is 7.21. The first-order valence-corrected chi connectivity index (χ1v) is 9.89. The molecule has 5 rings (SSSR count). The Bertz CT molecular complexity index is 1200. The zero-order chi connectivity index (χ0) is 16.8. The van der Waals surface area contributed by atoms with Crippen molar-refractivity contribution in [3.63, 3.8) is 0 Å². The normalized spacial score (nSPS) is 11.4. The molecule has 0 bridgehead atoms. The van der Waals surface area contributed by atoms with Gasteiger partial charge in [-0.1, -0.05) is 6.07 Å². The summed E-state index contributed by atoms with van der Waals surface area (Å²) in [6.07, 6.45) is 3.68. The Morgan fingerprint density at radius 3 is 3.00 bits per heavy atom. The summed E-state index contributed by atoms with van der Waals surface area (Å²) in [6.45, 7) is 0. The third-order valence-corrected chi connectivity index (χ3v) is 6.15. The zero-order valence-corrected chi connectivity index (χ0v) is 15.0. The number of imidazole rings is 1. The number of nitrogens with zero attached hydrogens (tertiary/aromatic N) is 4. The number of thiazole rings is 2. The van der Waals surface area contributed by atoms with Crippen LogP contribution in [0.4, 0.5) is 5.13 Å². The van der Waals surface area contributed by atoms with Gasteiger partial charge in [0.05, 0.1) is 16.1 Å². The first-order chi connectivity index (χ1) is 12.3. The third kappa shape index (κ3) is 2.53. The van der Waals surface area contributed by atoms with Gasteiger partial charge in [0.25, 0.3) is 5.91 Å². The van der Waals surface area contributed by atoms with E-state index in [-0.39, 0.29) is 5.91 Å². The maximum absolute atomic E-state index is 12.5. The van der Waals surface area contributed by atoms with Gasteiger partial charge in [-0.05, 0) is 18.2 Å². The number of pyridine rings is 1. The Hall–Kier alpha value is -2.62. The molecule has 0 aliphatic rings. The fourth-order valence-corrected chi connectivity index (χ4v) is 4.88. The lowest BCUT2D eigenvalue weighted by atomic mass is 10.3. The minimum Gasteiger partial charge on any atom is -0.297 e. The zero-order valence-electron chi connectivity index (χ0n) is 12.5. The van der Waals surface area contributed by atoms with Crippen LogP contribution >= 0.6 is 34.0 Å². The van der Waals surface area contributed by atoms with Crippen LogP contribution in [0.15, 0.2) is 47.4 Å². The van der Waals surface area contributed by atoms with Gasteiger partial charge in [0.1, 0.15) is 10.5 Å². The first kappa shape index (κ1) is 14.7. The molecule has 0 aliphatic carbocycles. The molecule has 9 heteroatoms. The summed E-state index contributed by atoms with van der Waals surface area (Å²) in [7, 11) is 0. The maximum Gasteiger partial charge on any atom is 0.267 e.